The molecule has 0 aromatic heterocycles. The van der Waals surface area contributed by atoms with Crippen LogP contribution in [0.15, 0.2) is 119 Å². The minimum Gasteiger partial charge on any atom is -0.358 e. The van der Waals surface area contributed by atoms with Gasteiger partial charge in [-0.1, -0.05) is 127 Å². The molecule has 1 unspecified atom stereocenters. The number of hydrogen-bond acceptors (Lipinski definition) is 2. The first-order chi connectivity index (χ1) is 25.2. The van der Waals surface area contributed by atoms with E-state index in [0.717, 1.165) is 25.3 Å². The van der Waals surface area contributed by atoms with Crippen LogP contribution in [0.5, 0.6) is 0 Å². The Morgan fingerprint density at radius 1 is 0.750 bits per heavy atom. The minimum atomic E-state index is -0.0924. The van der Waals surface area contributed by atoms with E-state index < -0.39 is 0 Å². The molecule has 0 fully saturated rings. The first-order valence-corrected chi connectivity index (χ1v) is 21.1. The average molecular weight is 708 g/mol. The Kier molecular flexibility index (Phi) is 10.7. The number of rotatable bonds is 13. The number of thioether (sulfide) groups is 1. The molecule has 3 aliphatic rings. The van der Waals surface area contributed by atoms with Gasteiger partial charge in [0.25, 0.3) is 0 Å². The normalized spacial score (nSPS) is 19.8. The van der Waals surface area contributed by atoms with Gasteiger partial charge in [-0.15, -0.1) is 11.8 Å². The van der Waals surface area contributed by atoms with Gasteiger partial charge in [0.05, 0.1) is 5.41 Å². The molecule has 4 aromatic rings. The maximum Gasteiger partial charge on any atom is 0.210 e. The number of fused-ring (bicyclic) bond motifs is 6. The highest BCUT2D eigenvalue weighted by Gasteiger charge is 2.45. The van der Waals surface area contributed by atoms with Gasteiger partial charge in [-0.2, -0.15) is 4.58 Å². The second-order valence-corrected chi connectivity index (χ2v) is 17.4. The third-order valence-electron chi connectivity index (χ3n) is 12.1. The number of unbranched alkanes of at least 4 members (excludes halogenated alkanes) is 2. The van der Waals surface area contributed by atoms with Crippen molar-refractivity contribution in [1.29, 1.82) is 0 Å². The SMILES string of the molecule is CCCCC(CC)CSC1=C(/C=C/C2=[N+](CCCC)c3ccc4ccccc4c3C2(C)C)CC/C1=C\C=C1\Nc2ccc3ccccc3c2C1(C)C. The van der Waals surface area contributed by atoms with Gasteiger partial charge in [0.1, 0.15) is 6.54 Å². The van der Waals surface area contributed by atoms with E-state index in [1.807, 2.05) is 0 Å². The number of hydrogen-bond donors (Lipinski definition) is 1. The van der Waals surface area contributed by atoms with Crippen molar-refractivity contribution in [3.05, 3.63) is 130 Å². The molecule has 52 heavy (non-hydrogen) atoms. The van der Waals surface area contributed by atoms with E-state index in [4.69, 9.17) is 0 Å². The van der Waals surface area contributed by atoms with Gasteiger partial charge >= 0.3 is 0 Å². The fourth-order valence-corrected chi connectivity index (χ4v) is 10.5. The summed E-state index contributed by atoms with van der Waals surface area (Å²) in [6, 6.07) is 27.0. The molecular weight excluding hydrogens is 649 g/mol. The smallest absolute Gasteiger partial charge is 0.210 e. The highest BCUT2D eigenvalue weighted by Crippen LogP contribution is 2.48. The van der Waals surface area contributed by atoms with Crippen LogP contribution < -0.4 is 5.32 Å². The van der Waals surface area contributed by atoms with Crippen molar-refractivity contribution in [2.75, 3.05) is 17.6 Å². The van der Waals surface area contributed by atoms with Gasteiger partial charge in [0, 0.05) is 51.6 Å². The summed E-state index contributed by atoms with van der Waals surface area (Å²) in [6.07, 6.45) is 19.6. The third-order valence-corrected chi connectivity index (χ3v) is 13.6. The lowest BCUT2D eigenvalue weighted by Gasteiger charge is -2.22. The number of benzene rings is 4. The van der Waals surface area contributed by atoms with Crippen LogP contribution >= 0.6 is 11.8 Å². The molecule has 270 valence electrons. The molecule has 0 spiro atoms. The van der Waals surface area contributed by atoms with Crippen LogP contribution in [0.4, 0.5) is 11.4 Å². The van der Waals surface area contributed by atoms with Crippen LogP contribution in [-0.4, -0.2) is 22.6 Å². The summed E-state index contributed by atoms with van der Waals surface area (Å²) in [5.74, 6) is 1.96. The van der Waals surface area contributed by atoms with Crippen LogP contribution in [-0.2, 0) is 10.8 Å². The second kappa shape index (κ2) is 15.3. The predicted octanol–water partition coefficient (Wildman–Crippen LogP) is 13.9. The van der Waals surface area contributed by atoms with Gasteiger partial charge in [-0.05, 0) is 95.5 Å². The Balaban J connectivity index is 1.26. The van der Waals surface area contributed by atoms with E-state index in [1.54, 1.807) is 0 Å². The first kappa shape index (κ1) is 36.5. The molecule has 2 nitrogen and oxygen atoms in total. The van der Waals surface area contributed by atoms with E-state index in [1.165, 1.54) is 116 Å². The molecule has 7 rings (SSSR count). The number of nitrogens with zero attached hydrogens (tertiary/aromatic N) is 1. The van der Waals surface area contributed by atoms with Crippen molar-refractivity contribution in [2.24, 2.45) is 5.92 Å². The highest BCUT2D eigenvalue weighted by atomic mass is 32.2. The Bertz CT molecular complexity index is 2140. The van der Waals surface area contributed by atoms with Crippen LogP contribution in [0.2, 0.25) is 0 Å². The van der Waals surface area contributed by atoms with Gasteiger partial charge in [0.15, 0.2) is 5.71 Å². The zero-order valence-corrected chi connectivity index (χ0v) is 33.6. The number of anilines is 1. The lowest BCUT2D eigenvalue weighted by atomic mass is 9.79. The van der Waals surface area contributed by atoms with E-state index in [2.05, 4.69) is 167 Å². The van der Waals surface area contributed by atoms with E-state index in [0.29, 0.717) is 0 Å². The maximum absolute atomic E-state index is 3.83. The van der Waals surface area contributed by atoms with Crippen LogP contribution in [0.3, 0.4) is 0 Å². The molecule has 4 aromatic carbocycles. The summed E-state index contributed by atoms with van der Waals surface area (Å²) < 4.78 is 2.64. The summed E-state index contributed by atoms with van der Waals surface area (Å²) in [6.45, 7) is 17.7. The number of nitrogens with one attached hydrogen (secondary N) is 1. The largest absolute Gasteiger partial charge is 0.358 e. The standard InChI is InChI=1S/C49H58N2S/c1-8-11-17-34(10-3)33-52-47-37(26-30-43-48(4,5)45-39-20-15-13-18-35(39)24-28-41(45)50-43)22-23-38(47)27-31-44-49(6,7)46-40-21-16-14-19-36(40)25-29-42(46)51(44)32-12-9-2/h13-16,18-21,24-31,34H,8-12,17,22-23,32-33H2,1-7H3/p+1. The van der Waals surface area contributed by atoms with Crippen molar-refractivity contribution in [2.45, 2.75) is 111 Å². The molecule has 0 bridgehead atoms. The quantitative estimate of drug-likeness (QED) is 0.139. The lowest BCUT2D eigenvalue weighted by Crippen LogP contribution is -2.28. The topological polar surface area (TPSA) is 15.0 Å². The van der Waals surface area contributed by atoms with E-state index in [9.17, 15) is 0 Å². The van der Waals surface area contributed by atoms with Crippen molar-refractivity contribution in [1.82, 2.24) is 0 Å². The lowest BCUT2D eigenvalue weighted by molar-refractivity contribution is -0.438. The molecule has 0 saturated carbocycles. The van der Waals surface area contributed by atoms with Crippen molar-refractivity contribution in [3.63, 3.8) is 0 Å². The van der Waals surface area contributed by atoms with E-state index in [-0.39, 0.29) is 10.8 Å². The summed E-state index contributed by atoms with van der Waals surface area (Å²) >= 11 is 2.13. The van der Waals surface area contributed by atoms with Gasteiger partial charge in [0.2, 0.25) is 5.69 Å². The maximum atomic E-state index is 3.83. The van der Waals surface area contributed by atoms with Crippen molar-refractivity contribution in [3.8, 4) is 0 Å². The molecule has 0 saturated heterocycles. The molecule has 1 N–H and O–H groups in total. The number of allylic oxidation sites excluding steroid dienone is 7. The summed E-state index contributed by atoms with van der Waals surface area (Å²) in [4.78, 5) is 1.52. The van der Waals surface area contributed by atoms with Gasteiger partial charge in [-0.25, -0.2) is 0 Å². The van der Waals surface area contributed by atoms with Crippen LogP contribution in [0.1, 0.15) is 111 Å². The first-order valence-electron chi connectivity index (χ1n) is 20.1. The minimum absolute atomic E-state index is 0.0810. The molecule has 0 amide bonds. The zero-order chi connectivity index (χ0) is 36.5. The van der Waals surface area contributed by atoms with E-state index >= 15 is 0 Å². The Labute approximate surface area is 317 Å². The molecule has 3 heteroatoms. The Morgan fingerprint density at radius 3 is 2.15 bits per heavy atom. The Morgan fingerprint density at radius 2 is 1.44 bits per heavy atom. The Hall–Kier alpha value is -3.82. The molecule has 2 heterocycles. The molecule has 2 aliphatic heterocycles. The predicted molar refractivity (Wildman–Crippen MR) is 230 cm³/mol. The fourth-order valence-electron chi connectivity index (χ4n) is 9.00. The van der Waals surface area contributed by atoms with Crippen LogP contribution in [0, 0.1) is 5.92 Å². The molecule has 0 radical (unpaired) electrons. The van der Waals surface area contributed by atoms with Gasteiger partial charge in [-0.3, -0.25) is 0 Å². The average Bonchev–Trinajstić information content (AvgIpc) is 3.74. The molecule has 1 atom stereocenters. The summed E-state index contributed by atoms with van der Waals surface area (Å²) in [7, 11) is 0. The second-order valence-electron chi connectivity index (χ2n) is 16.3. The fraction of sp³-hybridized carbons (Fsp3) is 0.408. The molecule has 1 aliphatic carbocycles. The highest BCUT2D eigenvalue weighted by molar-refractivity contribution is 8.03. The van der Waals surface area contributed by atoms with Crippen molar-refractivity contribution >= 4 is 50.4 Å². The zero-order valence-electron chi connectivity index (χ0n) is 32.7. The van der Waals surface area contributed by atoms with Crippen LogP contribution in [0.25, 0.3) is 21.5 Å². The monoisotopic (exact) mass is 707 g/mol. The third kappa shape index (κ3) is 6.75. The summed E-state index contributed by atoms with van der Waals surface area (Å²) in [5.41, 5.74) is 11.1. The van der Waals surface area contributed by atoms with Crippen molar-refractivity contribution < 1.29 is 4.58 Å². The van der Waals surface area contributed by atoms with Gasteiger partial charge < -0.3 is 5.32 Å². The molecular formula is C49H59N2S+. The summed E-state index contributed by atoms with van der Waals surface area (Å²) in [5, 5.41) is 9.22.